The van der Waals surface area contributed by atoms with Crippen LogP contribution in [0, 0.1) is 5.92 Å². The van der Waals surface area contributed by atoms with Crippen molar-refractivity contribution in [3.63, 3.8) is 0 Å². The highest BCUT2D eigenvalue weighted by Crippen LogP contribution is 2.21. The highest BCUT2D eigenvalue weighted by molar-refractivity contribution is 5.83. The molecule has 0 aromatic heterocycles. The zero-order valence-corrected chi connectivity index (χ0v) is 12.7. The maximum Gasteiger partial charge on any atom is 0.239 e. The van der Waals surface area contributed by atoms with Crippen LogP contribution in [0.5, 0.6) is 0 Å². The predicted octanol–water partition coefficient (Wildman–Crippen LogP) is 1.32. The first-order valence-corrected chi connectivity index (χ1v) is 7.79. The fourth-order valence-corrected chi connectivity index (χ4v) is 3.21. The van der Waals surface area contributed by atoms with Crippen LogP contribution in [0.25, 0.3) is 0 Å². The smallest absolute Gasteiger partial charge is 0.239 e. The Morgan fingerprint density at radius 1 is 1.21 bits per heavy atom. The third kappa shape index (κ3) is 4.18. The van der Waals surface area contributed by atoms with Crippen LogP contribution in [0.1, 0.15) is 39.5 Å². The van der Waals surface area contributed by atoms with Gasteiger partial charge >= 0.3 is 0 Å². The van der Waals surface area contributed by atoms with E-state index in [1.165, 1.54) is 32.4 Å². The average Bonchev–Trinajstić information content (AvgIpc) is 2.70. The van der Waals surface area contributed by atoms with Gasteiger partial charge in [-0.3, -0.25) is 4.79 Å². The zero-order chi connectivity index (χ0) is 13.8. The fraction of sp³-hybridized carbons (Fsp3) is 0.933. The van der Waals surface area contributed by atoms with E-state index in [9.17, 15) is 4.79 Å². The van der Waals surface area contributed by atoms with Gasteiger partial charge < -0.3 is 15.1 Å². The Morgan fingerprint density at radius 3 is 2.53 bits per heavy atom. The van der Waals surface area contributed by atoms with Crippen LogP contribution in [0.15, 0.2) is 0 Å². The van der Waals surface area contributed by atoms with Gasteiger partial charge in [0.05, 0.1) is 6.04 Å². The standard InChI is InChI=1S/C15H29N3O/c1-12(2)16-14-7-11-18(15(14)19)10-6-13-4-8-17(3)9-5-13/h12-14,16H,4-11H2,1-3H3. The van der Waals surface area contributed by atoms with Gasteiger partial charge in [-0.05, 0) is 51.7 Å². The molecule has 0 aliphatic carbocycles. The number of rotatable bonds is 5. The van der Waals surface area contributed by atoms with E-state index < -0.39 is 0 Å². The van der Waals surface area contributed by atoms with Crippen molar-refractivity contribution < 1.29 is 4.79 Å². The van der Waals surface area contributed by atoms with E-state index in [2.05, 4.69) is 36.0 Å². The molecule has 0 aromatic carbocycles. The highest BCUT2D eigenvalue weighted by atomic mass is 16.2. The number of carbonyl (C=O) groups excluding carboxylic acids is 1. The van der Waals surface area contributed by atoms with Crippen LogP contribution in [0.2, 0.25) is 0 Å². The number of likely N-dealkylation sites (tertiary alicyclic amines) is 2. The molecule has 1 amide bonds. The molecule has 1 N–H and O–H groups in total. The van der Waals surface area contributed by atoms with Crippen molar-refractivity contribution in [2.24, 2.45) is 5.92 Å². The first-order chi connectivity index (χ1) is 9.06. The molecule has 2 fully saturated rings. The van der Waals surface area contributed by atoms with E-state index in [-0.39, 0.29) is 6.04 Å². The number of nitrogens with zero attached hydrogens (tertiary/aromatic N) is 2. The van der Waals surface area contributed by atoms with E-state index in [0.29, 0.717) is 11.9 Å². The molecule has 0 radical (unpaired) electrons. The van der Waals surface area contributed by atoms with Crippen molar-refractivity contribution in [1.82, 2.24) is 15.1 Å². The molecule has 0 bridgehead atoms. The molecule has 1 atom stereocenters. The molecule has 2 saturated heterocycles. The third-order valence-corrected chi connectivity index (χ3v) is 4.48. The van der Waals surface area contributed by atoms with Crippen molar-refractivity contribution in [3.05, 3.63) is 0 Å². The van der Waals surface area contributed by atoms with Gasteiger partial charge in [-0.2, -0.15) is 0 Å². The number of amides is 1. The van der Waals surface area contributed by atoms with Gasteiger partial charge in [0, 0.05) is 19.1 Å². The van der Waals surface area contributed by atoms with Gasteiger partial charge in [0.15, 0.2) is 0 Å². The fourth-order valence-electron chi connectivity index (χ4n) is 3.21. The summed E-state index contributed by atoms with van der Waals surface area (Å²) in [7, 11) is 2.20. The third-order valence-electron chi connectivity index (χ3n) is 4.48. The first-order valence-electron chi connectivity index (χ1n) is 7.79. The lowest BCUT2D eigenvalue weighted by molar-refractivity contribution is -0.129. The molecule has 2 rings (SSSR count). The van der Waals surface area contributed by atoms with Crippen molar-refractivity contribution in [2.45, 2.75) is 51.6 Å². The second-order valence-electron chi connectivity index (χ2n) is 6.52. The first kappa shape index (κ1) is 14.8. The largest absolute Gasteiger partial charge is 0.341 e. The molecule has 4 heteroatoms. The molecule has 2 aliphatic heterocycles. The normalized spacial score (nSPS) is 26.6. The van der Waals surface area contributed by atoms with Crippen molar-refractivity contribution in [1.29, 1.82) is 0 Å². The molecule has 0 spiro atoms. The number of hydrogen-bond donors (Lipinski definition) is 1. The minimum atomic E-state index is 0.0671. The van der Waals surface area contributed by atoms with E-state index in [0.717, 1.165) is 25.4 Å². The summed E-state index contributed by atoms with van der Waals surface area (Å²) in [5.74, 6) is 1.14. The lowest BCUT2D eigenvalue weighted by Gasteiger charge is -2.30. The molecule has 2 heterocycles. The number of nitrogens with one attached hydrogen (secondary N) is 1. The monoisotopic (exact) mass is 267 g/mol. The van der Waals surface area contributed by atoms with E-state index in [1.54, 1.807) is 0 Å². The predicted molar refractivity (Wildman–Crippen MR) is 78.1 cm³/mol. The maximum absolute atomic E-state index is 12.2. The van der Waals surface area contributed by atoms with Crippen LogP contribution in [-0.4, -0.2) is 61.0 Å². The van der Waals surface area contributed by atoms with Crippen LogP contribution in [0.4, 0.5) is 0 Å². The minimum Gasteiger partial charge on any atom is -0.341 e. The van der Waals surface area contributed by atoms with Gasteiger partial charge in [0.25, 0.3) is 0 Å². The van der Waals surface area contributed by atoms with Gasteiger partial charge in [0.2, 0.25) is 5.91 Å². The zero-order valence-electron chi connectivity index (χ0n) is 12.7. The van der Waals surface area contributed by atoms with Gasteiger partial charge in [-0.15, -0.1) is 0 Å². The Kier molecular flexibility index (Phi) is 5.22. The summed E-state index contributed by atoms with van der Waals surface area (Å²) in [5, 5.41) is 3.37. The maximum atomic E-state index is 12.2. The van der Waals surface area contributed by atoms with Gasteiger partial charge in [-0.1, -0.05) is 13.8 Å². The Bertz CT molecular complexity index is 298. The topological polar surface area (TPSA) is 35.6 Å². The van der Waals surface area contributed by atoms with Crippen molar-refractivity contribution in [3.8, 4) is 0 Å². The lowest BCUT2D eigenvalue weighted by atomic mass is 9.94. The van der Waals surface area contributed by atoms with Gasteiger partial charge in [-0.25, -0.2) is 0 Å². The van der Waals surface area contributed by atoms with Gasteiger partial charge in [0.1, 0.15) is 0 Å². The van der Waals surface area contributed by atoms with Crippen LogP contribution < -0.4 is 5.32 Å². The molecular weight excluding hydrogens is 238 g/mol. The minimum absolute atomic E-state index is 0.0671. The molecule has 1 unspecified atom stereocenters. The quantitative estimate of drug-likeness (QED) is 0.816. The molecule has 110 valence electrons. The summed E-state index contributed by atoms with van der Waals surface area (Å²) in [5.41, 5.74) is 0. The van der Waals surface area contributed by atoms with Crippen molar-refractivity contribution >= 4 is 5.91 Å². The van der Waals surface area contributed by atoms with Crippen LogP contribution in [-0.2, 0) is 4.79 Å². The summed E-state index contributed by atoms with van der Waals surface area (Å²) in [6.45, 7) is 8.55. The second kappa shape index (κ2) is 6.71. The molecule has 19 heavy (non-hydrogen) atoms. The summed E-state index contributed by atoms with van der Waals surface area (Å²) >= 11 is 0. The molecule has 4 nitrogen and oxygen atoms in total. The lowest BCUT2D eigenvalue weighted by Crippen LogP contribution is -2.42. The number of piperidine rings is 1. The SMILES string of the molecule is CC(C)NC1CCN(CCC2CCN(C)CC2)C1=O. The van der Waals surface area contributed by atoms with E-state index >= 15 is 0 Å². The summed E-state index contributed by atoms with van der Waals surface area (Å²) in [6.07, 6.45) is 4.76. The van der Waals surface area contributed by atoms with E-state index in [4.69, 9.17) is 0 Å². The highest BCUT2D eigenvalue weighted by Gasteiger charge is 2.31. The van der Waals surface area contributed by atoms with Crippen LogP contribution >= 0.6 is 0 Å². The Morgan fingerprint density at radius 2 is 1.89 bits per heavy atom. The molecule has 2 aliphatic rings. The Hall–Kier alpha value is -0.610. The summed E-state index contributed by atoms with van der Waals surface area (Å²) in [4.78, 5) is 16.7. The average molecular weight is 267 g/mol. The number of hydrogen-bond acceptors (Lipinski definition) is 3. The molecular formula is C15H29N3O. The van der Waals surface area contributed by atoms with Crippen molar-refractivity contribution in [2.75, 3.05) is 33.2 Å². The second-order valence-corrected chi connectivity index (χ2v) is 6.52. The van der Waals surface area contributed by atoms with Crippen LogP contribution in [0.3, 0.4) is 0 Å². The Balaban J connectivity index is 1.70. The number of carbonyl (C=O) groups is 1. The summed E-state index contributed by atoms with van der Waals surface area (Å²) < 4.78 is 0. The molecule has 0 saturated carbocycles. The molecule has 0 aromatic rings. The van der Waals surface area contributed by atoms with E-state index in [1.807, 2.05) is 0 Å². The Labute approximate surface area is 117 Å². The summed E-state index contributed by atoms with van der Waals surface area (Å²) in [6, 6.07) is 0.459.